The highest BCUT2D eigenvalue weighted by Crippen LogP contribution is 2.21. The molecule has 0 saturated carbocycles. The van der Waals surface area contributed by atoms with Gasteiger partial charge in [0.2, 0.25) is 5.95 Å². The predicted octanol–water partition coefficient (Wildman–Crippen LogP) is -0.146. The highest BCUT2D eigenvalue weighted by molar-refractivity contribution is 5.68. The van der Waals surface area contributed by atoms with Crippen LogP contribution >= 0.6 is 0 Å². The third kappa shape index (κ3) is 0.637. The van der Waals surface area contributed by atoms with Gasteiger partial charge in [-0.1, -0.05) is 0 Å². The van der Waals surface area contributed by atoms with Crippen molar-refractivity contribution in [3.63, 3.8) is 0 Å². The van der Waals surface area contributed by atoms with E-state index in [1.165, 1.54) is 0 Å². The summed E-state index contributed by atoms with van der Waals surface area (Å²) in [6, 6.07) is 0. The molecule has 10 heavy (non-hydrogen) atoms. The maximum absolute atomic E-state index is 5.34. The first-order valence-corrected chi connectivity index (χ1v) is 2.96. The molecule has 52 valence electrons. The molecule has 2 rings (SSSR count). The zero-order chi connectivity index (χ0) is 6.97. The molecular formula is C5H7N5. The lowest BCUT2D eigenvalue weighted by molar-refractivity contribution is 1.20. The number of hydrogen-bond donors (Lipinski definition) is 3. The third-order valence-electron chi connectivity index (χ3n) is 1.34. The summed E-state index contributed by atoms with van der Waals surface area (Å²) in [5.74, 6) is 1.09. The Morgan fingerprint density at radius 1 is 1.50 bits per heavy atom. The maximum atomic E-state index is 5.34. The van der Waals surface area contributed by atoms with Crippen LogP contribution in [0, 0.1) is 0 Å². The van der Waals surface area contributed by atoms with Crippen LogP contribution in [0.15, 0.2) is 6.20 Å². The van der Waals surface area contributed by atoms with Gasteiger partial charge in [0.25, 0.3) is 0 Å². The van der Waals surface area contributed by atoms with Crippen molar-refractivity contribution in [2.75, 3.05) is 23.0 Å². The zero-order valence-electron chi connectivity index (χ0n) is 5.26. The van der Waals surface area contributed by atoms with Crippen LogP contribution in [-0.4, -0.2) is 16.6 Å². The average molecular weight is 137 g/mol. The first kappa shape index (κ1) is 5.28. The largest absolute Gasteiger partial charge is 0.368 e. The van der Waals surface area contributed by atoms with Gasteiger partial charge in [-0.05, 0) is 0 Å². The molecule has 1 aliphatic heterocycles. The van der Waals surface area contributed by atoms with Gasteiger partial charge in [-0.15, -0.1) is 0 Å². The predicted molar refractivity (Wildman–Crippen MR) is 38.6 cm³/mol. The molecule has 5 heteroatoms. The minimum absolute atomic E-state index is 0.301. The van der Waals surface area contributed by atoms with Crippen LogP contribution in [0.5, 0.6) is 0 Å². The highest BCUT2D eigenvalue weighted by Gasteiger charge is 2.09. The molecule has 2 heterocycles. The second-order valence-electron chi connectivity index (χ2n) is 2.02. The van der Waals surface area contributed by atoms with E-state index < -0.39 is 0 Å². The SMILES string of the molecule is Nc1ncc2c(n1)NCN2. The molecule has 0 bridgehead atoms. The minimum atomic E-state index is 0.301. The molecule has 1 aromatic heterocycles. The van der Waals surface area contributed by atoms with Gasteiger partial charge in [0.05, 0.1) is 18.6 Å². The Morgan fingerprint density at radius 2 is 2.40 bits per heavy atom. The van der Waals surface area contributed by atoms with E-state index in [4.69, 9.17) is 5.73 Å². The number of fused-ring (bicyclic) bond motifs is 1. The number of nitrogens with zero attached hydrogens (tertiary/aromatic N) is 2. The van der Waals surface area contributed by atoms with E-state index in [1.807, 2.05) is 0 Å². The molecule has 0 saturated heterocycles. The van der Waals surface area contributed by atoms with Crippen molar-refractivity contribution in [1.82, 2.24) is 9.97 Å². The molecule has 0 spiro atoms. The summed E-state index contributed by atoms with van der Waals surface area (Å²) in [6.07, 6.45) is 1.66. The third-order valence-corrected chi connectivity index (χ3v) is 1.34. The number of aromatic nitrogens is 2. The topological polar surface area (TPSA) is 75.9 Å². The first-order valence-electron chi connectivity index (χ1n) is 2.96. The van der Waals surface area contributed by atoms with E-state index in [0.717, 1.165) is 11.5 Å². The van der Waals surface area contributed by atoms with Gasteiger partial charge in [0.1, 0.15) is 0 Å². The van der Waals surface area contributed by atoms with Gasteiger partial charge in [-0.25, -0.2) is 4.98 Å². The lowest BCUT2D eigenvalue weighted by Gasteiger charge is -1.95. The molecule has 5 nitrogen and oxygen atoms in total. The Balaban J connectivity index is 2.52. The second kappa shape index (κ2) is 1.73. The fourth-order valence-corrected chi connectivity index (χ4v) is 0.883. The van der Waals surface area contributed by atoms with Crippen molar-refractivity contribution < 1.29 is 0 Å². The molecule has 4 N–H and O–H groups in total. The Kier molecular flexibility index (Phi) is 0.913. The van der Waals surface area contributed by atoms with Gasteiger partial charge in [0, 0.05) is 0 Å². The van der Waals surface area contributed by atoms with Gasteiger partial charge < -0.3 is 16.4 Å². The molecule has 0 fully saturated rings. The van der Waals surface area contributed by atoms with Crippen molar-refractivity contribution >= 4 is 17.5 Å². The van der Waals surface area contributed by atoms with Gasteiger partial charge in [-0.3, -0.25) is 0 Å². The van der Waals surface area contributed by atoms with E-state index in [0.29, 0.717) is 12.6 Å². The smallest absolute Gasteiger partial charge is 0.222 e. The lowest BCUT2D eigenvalue weighted by atomic mass is 10.5. The molecule has 0 radical (unpaired) electrons. The molecule has 1 aliphatic rings. The van der Waals surface area contributed by atoms with Gasteiger partial charge >= 0.3 is 0 Å². The van der Waals surface area contributed by atoms with Crippen molar-refractivity contribution in [3.05, 3.63) is 6.20 Å². The van der Waals surface area contributed by atoms with E-state index in [2.05, 4.69) is 20.6 Å². The van der Waals surface area contributed by atoms with E-state index in [-0.39, 0.29) is 0 Å². The maximum Gasteiger partial charge on any atom is 0.222 e. The van der Waals surface area contributed by atoms with Gasteiger partial charge in [0.15, 0.2) is 5.82 Å². The fourth-order valence-electron chi connectivity index (χ4n) is 0.883. The quantitative estimate of drug-likeness (QED) is 0.463. The first-order chi connectivity index (χ1) is 4.86. The molecule has 0 aliphatic carbocycles. The lowest BCUT2D eigenvalue weighted by Crippen LogP contribution is -1.99. The minimum Gasteiger partial charge on any atom is -0.368 e. The van der Waals surface area contributed by atoms with Crippen molar-refractivity contribution in [2.45, 2.75) is 0 Å². The standard InChI is InChI=1S/C5H7N5/c6-5-7-1-3-4(10-5)9-2-8-3/h1,8H,2H2,(H3,6,7,9,10). The Labute approximate surface area is 57.7 Å². The number of nitrogens with one attached hydrogen (secondary N) is 2. The van der Waals surface area contributed by atoms with Crippen molar-refractivity contribution in [3.8, 4) is 0 Å². The monoisotopic (exact) mass is 137 g/mol. The molecule has 0 aromatic carbocycles. The van der Waals surface area contributed by atoms with Crippen molar-refractivity contribution in [2.24, 2.45) is 0 Å². The van der Waals surface area contributed by atoms with Crippen LogP contribution in [0.1, 0.15) is 0 Å². The number of anilines is 3. The summed E-state index contributed by atoms with van der Waals surface area (Å²) >= 11 is 0. The fraction of sp³-hybridized carbons (Fsp3) is 0.200. The van der Waals surface area contributed by atoms with E-state index in [9.17, 15) is 0 Å². The van der Waals surface area contributed by atoms with Crippen LogP contribution in [-0.2, 0) is 0 Å². The molecule has 0 unspecified atom stereocenters. The Morgan fingerprint density at radius 3 is 3.30 bits per heavy atom. The molecular weight excluding hydrogens is 130 g/mol. The van der Waals surface area contributed by atoms with Crippen LogP contribution in [0.4, 0.5) is 17.5 Å². The summed E-state index contributed by atoms with van der Waals surface area (Å²) in [4.78, 5) is 7.76. The van der Waals surface area contributed by atoms with Crippen LogP contribution in [0.25, 0.3) is 0 Å². The number of nitrogens with two attached hydrogens (primary N) is 1. The van der Waals surface area contributed by atoms with Crippen LogP contribution in [0.2, 0.25) is 0 Å². The average Bonchev–Trinajstić information content (AvgIpc) is 2.33. The summed E-state index contributed by atoms with van der Waals surface area (Å²) in [7, 11) is 0. The van der Waals surface area contributed by atoms with E-state index in [1.54, 1.807) is 6.20 Å². The normalized spacial score (nSPS) is 13.6. The number of rotatable bonds is 0. The number of nitrogen functional groups attached to an aromatic ring is 1. The number of hydrogen-bond acceptors (Lipinski definition) is 5. The molecule has 0 atom stereocenters. The van der Waals surface area contributed by atoms with Crippen molar-refractivity contribution in [1.29, 1.82) is 0 Å². The van der Waals surface area contributed by atoms with E-state index >= 15 is 0 Å². The summed E-state index contributed by atoms with van der Waals surface area (Å²) < 4.78 is 0. The highest BCUT2D eigenvalue weighted by atomic mass is 15.2. The second-order valence-corrected chi connectivity index (χ2v) is 2.02. The van der Waals surface area contributed by atoms with Crippen LogP contribution < -0.4 is 16.4 Å². The summed E-state index contributed by atoms with van der Waals surface area (Å²) in [5, 5.41) is 6.03. The molecule has 1 aromatic rings. The Bertz CT molecular complexity index is 258. The van der Waals surface area contributed by atoms with Crippen LogP contribution in [0.3, 0.4) is 0 Å². The zero-order valence-corrected chi connectivity index (χ0v) is 5.26. The summed E-state index contributed by atoms with van der Waals surface area (Å²) in [5.41, 5.74) is 6.25. The van der Waals surface area contributed by atoms with Gasteiger partial charge in [-0.2, -0.15) is 4.98 Å². The Hall–Kier alpha value is -1.52. The molecule has 0 amide bonds. The summed E-state index contributed by atoms with van der Waals surface area (Å²) in [6.45, 7) is 0.702.